The highest BCUT2D eigenvalue weighted by molar-refractivity contribution is 7.12. The first kappa shape index (κ1) is 12.2. The maximum Gasteiger partial charge on any atom is 0.198 e. The van der Waals surface area contributed by atoms with E-state index in [2.05, 4.69) is 45.9 Å². The molecule has 3 heterocycles. The molecule has 98 valence electrons. The summed E-state index contributed by atoms with van der Waals surface area (Å²) in [6, 6.07) is 0. The van der Waals surface area contributed by atoms with E-state index in [1.54, 1.807) is 5.51 Å². The molecule has 0 saturated carbocycles. The number of aryl methyl sites for hydroxylation is 1. The first-order valence-corrected chi connectivity index (χ1v) is 7.08. The molecule has 19 heavy (non-hydrogen) atoms. The summed E-state index contributed by atoms with van der Waals surface area (Å²) < 4.78 is 2.02. The molecule has 3 rings (SSSR count). The predicted octanol–water partition coefficient (Wildman–Crippen LogP) is 2.49. The molecule has 0 bridgehead atoms. The summed E-state index contributed by atoms with van der Waals surface area (Å²) in [7, 11) is 0. The molecule has 0 atom stereocenters. The minimum Gasteiger partial charge on any atom is -0.305 e. The Hall–Kier alpha value is -1.89. The smallest absolute Gasteiger partial charge is 0.198 e. The Morgan fingerprint density at radius 1 is 1.32 bits per heavy atom. The van der Waals surface area contributed by atoms with E-state index in [4.69, 9.17) is 0 Å². The van der Waals surface area contributed by atoms with E-state index in [1.807, 2.05) is 10.8 Å². The van der Waals surface area contributed by atoms with Gasteiger partial charge in [0.1, 0.15) is 5.51 Å². The van der Waals surface area contributed by atoms with Crippen LogP contribution in [0, 0.1) is 0 Å². The first-order valence-electron chi connectivity index (χ1n) is 6.20. The van der Waals surface area contributed by atoms with E-state index in [9.17, 15) is 0 Å². The van der Waals surface area contributed by atoms with Gasteiger partial charge in [-0.25, -0.2) is 15.0 Å². The van der Waals surface area contributed by atoms with Crippen molar-refractivity contribution in [3.8, 4) is 10.8 Å². The molecule has 0 saturated heterocycles. The molecule has 0 unspecified atom stereocenters. The Morgan fingerprint density at radius 2 is 2.16 bits per heavy atom. The Labute approximate surface area is 114 Å². The number of nitrogens with zero attached hydrogens (tertiary/aromatic N) is 6. The van der Waals surface area contributed by atoms with Crippen molar-refractivity contribution in [3.05, 3.63) is 17.4 Å². The van der Waals surface area contributed by atoms with E-state index in [1.165, 1.54) is 11.3 Å². The summed E-state index contributed by atoms with van der Waals surface area (Å²) in [5, 5.41) is 8.74. The zero-order valence-corrected chi connectivity index (χ0v) is 11.8. The maximum absolute atomic E-state index is 4.58. The van der Waals surface area contributed by atoms with Crippen LogP contribution in [-0.4, -0.2) is 29.7 Å². The highest BCUT2D eigenvalue weighted by atomic mass is 32.1. The fourth-order valence-electron chi connectivity index (χ4n) is 1.92. The molecule has 0 fully saturated rings. The summed E-state index contributed by atoms with van der Waals surface area (Å²) in [6.45, 7) is 7.03. The molecule has 0 radical (unpaired) electrons. The third-order valence-corrected chi connectivity index (χ3v) is 3.62. The van der Waals surface area contributed by atoms with Crippen LogP contribution in [0.1, 0.15) is 32.4 Å². The lowest BCUT2D eigenvalue weighted by Gasteiger charge is -2.04. The van der Waals surface area contributed by atoms with Gasteiger partial charge in [-0.2, -0.15) is 0 Å². The van der Waals surface area contributed by atoms with E-state index in [-0.39, 0.29) is 0 Å². The van der Waals surface area contributed by atoms with Gasteiger partial charge in [-0.3, -0.25) is 0 Å². The second-order valence-electron chi connectivity index (χ2n) is 4.52. The summed E-state index contributed by atoms with van der Waals surface area (Å²) in [5.74, 6) is 1.13. The quantitative estimate of drug-likeness (QED) is 0.734. The van der Waals surface area contributed by atoms with Crippen LogP contribution in [0.2, 0.25) is 0 Å². The van der Waals surface area contributed by atoms with Gasteiger partial charge in [0.15, 0.2) is 22.1 Å². The van der Waals surface area contributed by atoms with Crippen LogP contribution in [0.25, 0.3) is 22.1 Å². The van der Waals surface area contributed by atoms with E-state index in [0.29, 0.717) is 11.6 Å². The minimum atomic E-state index is 0.341. The van der Waals surface area contributed by atoms with Crippen LogP contribution >= 0.6 is 11.3 Å². The van der Waals surface area contributed by atoms with Crippen LogP contribution in [-0.2, 0) is 6.54 Å². The molecule has 0 spiro atoms. The zero-order chi connectivity index (χ0) is 13.4. The van der Waals surface area contributed by atoms with Crippen molar-refractivity contribution in [2.45, 2.75) is 33.2 Å². The van der Waals surface area contributed by atoms with Crippen molar-refractivity contribution in [2.75, 3.05) is 0 Å². The average molecular weight is 274 g/mol. The van der Waals surface area contributed by atoms with Crippen molar-refractivity contribution in [1.29, 1.82) is 0 Å². The third-order valence-electron chi connectivity index (χ3n) is 2.94. The fraction of sp³-hybridized carbons (Fsp3) is 0.417. The molecule has 0 aliphatic rings. The van der Waals surface area contributed by atoms with Gasteiger partial charge in [0.25, 0.3) is 0 Å². The largest absolute Gasteiger partial charge is 0.305 e. The van der Waals surface area contributed by atoms with Gasteiger partial charge in [-0.05, 0) is 12.8 Å². The Balaban J connectivity index is 2.23. The van der Waals surface area contributed by atoms with Crippen LogP contribution in [0.15, 0.2) is 11.7 Å². The molecule has 3 aromatic heterocycles. The molecule has 0 amide bonds. The van der Waals surface area contributed by atoms with Gasteiger partial charge < -0.3 is 4.57 Å². The molecule has 3 aromatic rings. The fourth-order valence-corrected chi connectivity index (χ4v) is 2.47. The first-order chi connectivity index (χ1) is 9.20. The van der Waals surface area contributed by atoms with Gasteiger partial charge in [-0.1, -0.05) is 25.2 Å². The number of fused-ring (bicyclic) bond motifs is 1. The van der Waals surface area contributed by atoms with Crippen molar-refractivity contribution in [1.82, 2.24) is 29.7 Å². The molecular formula is C12H14N6S. The molecule has 7 heteroatoms. The second kappa shape index (κ2) is 4.65. The molecular weight excluding hydrogens is 260 g/mol. The molecule has 0 N–H and O–H groups in total. The van der Waals surface area contributed by atoms with Crippen molar-refractivity contribution < 1.29 is 0 Å². The van der Waals surface area contributed by atoms with Crippen LogP contribution in [0.3, 0.4) is 0 Å². The summed E-state index contributed by atoms with van der Waals surface area (Å²) in [4.78, 5) is 13.6. The normalized spacial score (nSPS) is 11.6. The van der Waals surface area contributed by atoms with E-state index < -0.39 is 0 Å². The predicted molar refractivity (Wildman–Crippen MR) is 74.0 cm³/mol. The van der Waals surface area contributed by atoms with Gasteiger partial charge in [0, 0.05) is 6.54 Å². The highest BCUT2D eigenvalue weighted by Gasteiger charge is 2.16. The van der Waals surface area contributed by atoms with Crippen molar-refractivity contribution in [2.24, 2.45) is 0 Å². The Kier molecular flexibility index (Phi) is 2.98. The average Bonchev–Trinajstić information content (AvgIpc) is 3.04. The van der Waals surface area contributed by atoms with Gasteiger partial charge in [0.05, 0.1) is 11.9 Å². The summed E-state index contributed by atoms with van der Waals surface area (Å²) >= 11 is 1.47. The standard InChI is InChI=1S/C12H14N6S/c1-4-18-10-9(15-8(5-13-10)7(2)3)16-11(18)12-17-14-6-19-12/h5-7H,4H2,1-3H3. The Bertz CT molecular complexity index is 700. The van der Waals surface area contributed by atoms with Crippen molar-refractivity contribution in [3.63, 3.8) is 0 Å². The lowest BCUT2D eigenvalue weighted by atomic mass is 10.1. The number of rotatable bonds is 3. The highest BCUT2D eigenvalue weighted by Crippen LogP contribution is 2.24. The van der Waals surface area contributed by atoms with Gasteiger partial charge in [0.2, 0.25) is 0 Å². The van der Waals surface area contributed by atoms with Gasteiger partial charge in [-0.15, -0.1) is 10.2 Å². The maximum atomic E-state index is 4.58. The van der Waals surface area contributed by atoms with Crippen molar-refractivity contribution >= 4 is 22.6 Å². The zero-order valence-electron chi connectivity index (χ0n) is 11.0. The number of hydrogen-bond donors (Lipinski definition) is 0. The summed E-state index contributed by atoms with van der Waals surface area (Å²) in [6.07, 6.45) is 1.82. The van der Waals surface area contributed by atoms with E-state index >= 15 is 0 Å². The van der Waals surface area contributed by atoms with Crippen LogP contribution in [0.5, 0.6) is 0 Å². The number of aromatic nitrogens is 6. The SMILES string of the molecule is CCn1c(-c2nncs2)nc2nc(C(C)C)cnc21. The Morgan fingerprint density at radius 3 is 2.79 bits per heavy atom. The monoisotopic (exact) mass is 274 g/mol. The van der Waals surface area contributed by atoms with E-state index in [0.717, 1.165) is 28.7 Å². The topological polar surface area (TPSA) is 69.4 Å². The molecule has 6 nitrogen and oxygen atoms in total. The second-order valence-corrected chi connectivity index (χ2v) is 5.35. The minimum absolute atomic E-state index is 0.341. The van der Waals surface area contributed by atoms with Gasteiger partial charge >= 0.3 is 0 Å². The molecule has 0 aliphatic heterocycles. The molecule has 0 aromatic carbocycles. The third kappa shape index (κ3) is 1.99. The number of hydrogen-bond acceptors (Lipinski definition) is 6. The van der Waals surface area contributed by atoms with Crippen LogP contribution in [0.4, 0.5) is 0 Å². The molecule has 0 aliphatic carbocycles. The number of imidazole rings is 1. The van der Waals surface area contributed by atoms with Crippen LogP contribution < -0.4 is 0 Å². The lowest BCUT2D eigenvalue weighted by molar-refractivity contribution is 0.779. The summed E-state index contributed by atoms with van der Waals surface area (Å²) in [5.41, 5.74) is 4.14. The lowest BCUT2D eigenvalue weighted by Crippen LogP contribution is -2.00.